The van der Waals surface area contributed by atoms with Crippen molar-refractivity contribution >= 4 is 11.9 Å². The Labute approximate surface area is 110 Å². The van der Waals surface area contributed by atoms with E-state index in [2.05, 4.69) is 11.7 Å². The highest BCUT2D eigenvalue weighted by atomic mass is 16.6. The molecule has 0 bridgehead atoms. The summed E-state index contributed by atoms with van der Waals surface area (Å²) in [5.74, 6) is -0.999. The standard InChI is InChI=1S/C14H26O4/c1-3-5-6-7-8-9-10-11-18-14(16)12-13(15)17-4-2/h3-12H2,1-2H3. The normalized spacial score (nSPS) is 10.1. The highest BCUT2D eigenvalue weighted by molar-refractivity contribution is 5.91. The van der Waals surface area contributed by atoms with Gasteiger partial charge in [0.2, 0.25) is 0 Å². The number of unbranched alkanes of at least 4 members (excludes halogenated alkanes) is 6. The van der Waals surface area contributed by atoms with Gasteiger partial charge in [0.15, 0.2) is 0 Å². The molecule has 0 aromatic carbocycles. The van der Waals surface area contributed by atoms with E-state index in [1.165, 1.54) is 32.1 Å². The van der Waals surface area contributed by atoms with E-state index in [4.69, 9.17) is 4.74 Å². The van der Waals surface area contributed by atoms with E-state index in [0.717, 1.165) is 12.8 Å². The first-order valence-corrected chi connectivity index (χ1v) is 7.02. The number of rotatable bonds is 11. The molecule has 4 heteroatoms. The van der Waals surface area contributed by atoms with E-state index in [1.807, 2.05) is 0 Å². The zero-order valence-electron chi connectivity index (χ0n) is 11.7. The molecule has 4 nitrogen and oxygen atoms in total. The number of hydrogen-bond acceptors (Lipinski definition) is 4. The molecule has 0 aliphatic carbocycles. The molecular weight excluding hydrogens is 232 g/mol. The smallest absolute Gasteiger partial charge is 0.317 e. The lowest BCUT2D eigenvalue weighted by molar-refractivity contribution is -0.154. The molecule has 0 rings (SSSR count). The Balaban J connectivity index is 3.27. The summed E-state index contributed by atoms with van der Waals surface area (Å²) in [5, 5.41) is 0. The fourth-order valence-corrected chi connectivity index (χ4v) is 1.63. The van der Waals surface area contributed by atoms with Crippen molar-refractivity contribution in [1.82, 2.24) is 0 Å². The minimum atomic E-state index is -0.512. The third kappa shape index (κ3) is 11.4. The Morgan fingerprint density at radius 2 is 1.33 bits per heavy atom. The molecule has 0 aromatic rings. The van der Waals surface area contributed by atoms with Gasteiger partial charge in [-0.3, -0.25) is 9.59 Å². The number of hydrogen-bond donors (Lipinski definition) is 0. The molecule has 106 valence electrons. The van der Waals surface area contributed by atoms with Crippen molar-refractivity contribution in [1.29, 1.82) is 0 Å². The van der Waals surface area contributed by atoms with Gasteiger partial charge in [0, 0.05) is 0 Å². The zero-order valence-corrected chi connectivity index (χ0v) is 11.7. The second-order valence-corrected chi connectivity index (χ2v) is 4.32. The van der Waals surface area contributed by atoms with Crippen molar-refractivity contribution in [3.8, 4) is 0 Å². The molecule has 0 saturated carbocycles. The van der Waals surface area contributed by atoms with Gasteiger partial charge in [-0.1, -0.05) is 45.4 Å². The molecule has 0 fully saturated rings. The lowest BCUT2D eigenvalue weighted by Crippen LogP contribution is -2.14. The molecular formula is C14H26O4. The largest absolute Gasteiger partial charge is 0.466 e. The third-order valence-corrected chi connectivity index (χ3v) is 2.60. The topological polar surface area (TPSA) is 52.6 Å². The van der Waals surface area contributed by atoms with E-state index in [9.17, 15) is 9.59 Å². The monoisotopic (exact) mass is 258 g/mol. The molecule has 18 heavy (non-hydrogen) atoms. The summed E-state index contributed by atoms with van der Waals surface area (Å²) in [4.78, 5) is 22.1. The molecule has 0 amide bonds. The van der Waals surface area contributed by atoms with Crippen LogP contribution in [0.1, 0.15) is 65.2 Å². The van der Waals surface area contributed by atoms with Gasteiger partial charge in [-0.2, -0.15) is 0 Å². The maximum atomic E-state index is 11.2. The zero-order chi connectivity index (χ0) is 13.6. The number of carbonyl (C=O) groups is 2. The van der Waals surface area contributed by atoms with Crippen LogP contribution in [-0.4, -0.2) is 25.2 Å². The Morgan fingerprint density at radius 3 is 1.94 bits per heavy atom. The van der Waals surface area contributed by atoms with Crippen LogP contribution in [0.4, 0.5) is 0 Å². The van der Waals surface area contributed by atoms with Gasteiger partial charge in [0.1, 0.15) is 6.42 Å². The Bertz CT molecular complexity index is 226. The second-order valence-electron chi connectivity index (χ2n) is 4.32. The first kappa shape index (κ1) is 16.9. The lowest BCUT2D eigenvalue weighted by Gasteiger charge is -2.04. The van der Waals surface area contributed by atoms with Crippen LogP contribution in [-0.2, 0) is 19.1 Å². The summed E-state index contributed by atoms with van der Waals surface area (Å²) in [7, 11) is 0. The van der Waals surface area contributed by atoms with Crippen LogP contribution < -0.4 is 0 Å². The summed E-state index contributed by atoms with van der Waals surface area (Å²) < 4.78 is 9.60. The van der Waals surface area contributed by atoms with Gasteiger partial charge in [0.05, 0.1) is 13.2 Å². The Hall–Kier alpha value is -1.06. The van der Waals surface area contributed by atoms with Crippen LogP contribution in [0.5, 0.6) is 0 Å². The van der Waals surface area contributed by atoms with Crippen molar-refractivity contribution < 1.29 is 19.1 Å². The molecule has 0 atom stereocenters. The predicted molar refractivity (Wildman–Crippen MR) is 70.2 cm³/mol. The Kier molecular flexibility index (Phi) is 11.7. The highest BCUT2D eigenvalue weighted by Gasteiger charge is 2.10. The van der Waals surface area contributed by atoms with Gasteiger partial charge in [-0.15, -0.1) is 0 Å². The maximum absolute atomic E-state index is 11.2. The lowest BCUT2D eigenvalue weighted by atomic mass is 10.1. The average Bonchev–Trinajstić information content (AvgIpc) is 2.32. The Morgan fingerprint density at radius 1 is 0.778 bits per heavy atom. The van der Waals surface area contributed by atoms with Crippen molar-refractivity contribution in [2.24, 2.45) is 0 Å². The molecule has 0 saturated heterocycles. The summed E-state index contributed by atoms with van der Waals surface area (Å²) in [6.07, 6.45) is 7.97. The van der Waals surface area contributed by atoms with Gasteiger partial charge in [-0.05, 0) is 13.3 Å². The van der Waals surface area contributed by atoms with E-state index in [-0.39, 0.29) is 6.42 Å². The summed E-state index contributed by atoms with van der Waals surface area (Å²) in [6, 6.07) is 0. The van der Waals surface area contributed by atoms with Crippen LogP contribution in [0.3, 0.4) is 0 Å². The van der Waals surface area contributed by atoms with Crippen molar-refractivity contribution in [3.05, 3.63) is 0 Å². The fourth-order valence-electron chi connectivity index (χ4n) is 1.63. The predicted octanol–water partition coefficient (Wildman–Crippen LogP) is 3.23. The SMILES string of the molecule is CCCCCCCCCOC(=O)CC(=O)OCC. The quantitative estimate of drug-likeness (QED) is 0.324. The van der Waals surface area contributed by atoms with E-state index < -0.39 is 11.9 Å². The minimum absolute atomic E-state index is 0.273. The molecule has 0 aliphatic rings. The van der Waals surface area contributed by atoms with Gasteiger partial charge >= 0.3 is 11.9 Å². The minimum Gasteiger partial charge on any atom is -0.466 e. The summed E-state index contributed by atoms with van der Waals surface area (Å²) in [5.41, 5.74) is 0. The summed E-state index contributed by atoms with van der Waals surface area (Å²) >= 11 is 0. The van der Waals surface area contributed by atoms with Crippen molar-refractivity contribution in [2.45, 2.75) is 65.2 Å². The highest BCUT2D eigenvalue weighted by Crippen LogP contribution is 2.07. The maximum Gasteiger partial charge on any atom is 0.317 e. The van der Waals surface area contributed by atoms with Crippen LogP contribution in [0.25, 0.3) is 0 Å². The third-order valence-electron chi connectivity index (χ3n) is 2.60. The van der Waals surface area contributed by atoms with Crippen LogP contribution in [0.15, 0.2) is 0 Å². The van der Waals surface area contributed by atoms with Gasteiger partial charge in [0.25, 0.3) is 0 Å². The number of carbonyl (C=O) groups excluding carboxylic acids is 2. The molecule has 0 aromatic heterocycles. The molecule has 0 N–H and O–H groups in total. The van der Waals surface area contributed by atoms with Gasteiger partial charge < -0.3 is 9.47 Å². The average molecular weight is 258 g/mol. The molecule has 0 radical (unpaired) electrons. The molecule has 0 unspecified atom stereocenters. The van der Waals surface area contributed by atoms with E-state index in [1.54, 1.807) is 6.92 Å². The molecule has 0 aliphatic heterocycles. The van der Waals surface area contributed by atoms with Crippen LogP contribution >= 0.6 is 0 Å². The first-order chi connectivity index (χ1) is 8.70. The van der Waals surface area contributed by atoms with E-state index in [0.29, 0.717) is 13.2 Å². The van der Waals surface area contributed by atoms with Crippen molar-refractivity contribution in [3.63, 3.8) is 0 Å². The van der Waals surface area contributed by atoms with Crippen molar-refractivity contribution in [2.75, 3.05) is 13.2 Å². The second kappa shape index (κ2) is 12.4. The fraction of sp³-hybridized carbons (Fsp3) is 0.857. The van der Waals surface area contributed by atoms with E-state index >= 15 is 0 Å². The number of esters is 2. The van der Waals surface area contributed by atoms with Gasteiger partial charge in [-0.25, -0.2) is 0 Å². The van der Waals surface area contributed by atoms with Crippen LogP contribution in [0, 0.1) is 0 Å². The molecule has 0 heterocycles. The molecule has 0 spiro atoms. The number of ether oxygens (including phenoxy) is 2. The van der Waals surface area contributed by atoms with Crippen LogP contribution in [0.2, 0.25) is 0 Å². The first-order valence-electron chi connectivity index (χ1n) is 7.02. The summed E-state index contributed by atoms with van der Waals surface area (Å²) in [6.45, 7) is 4.61.